The van der Waals surface area contributed by atoms with Gasteiger partial charge in [-0.2, -0.15) is 0 Å². The molecule has 1 atom stereocenters. The summed E-state index contributed by atoms with van der Waals surface area (Å²) in [5, 5.41) is 0. The van der Waals surface area contributed by atoms with Crippen LogP contribution in [0.25, 0.3) is 0 Å². The van der Waals surface area contributed by atoms with Crippen molar-refractivity contribution in [2.24, 2.45) is 0 Å². The first-order valence-corrected chi connectivity index (χ1v) is 6.95. The molecule has 1 aromatic heterocycles. The van der Waals surface area contributed by atoms with Crippen molar-refractivity contribution in [2.45, 2.75) is 4.83 Å². The Hall–Kier alpha value is -0.260. The monoisotopic (exact) mass is 366 g/mol. The number of hydrogen-bond acceptors (Lipinski definition) is 1. The van der Waals surface area contributed by atoms with Crippen LogP contribution in [0.3, 0.4) is 0 Å². The highest BCUT2D eigenvalue weighted by molar-refractivity contribution is 9.11. The van der Waals surface area contributed by atoms with Crippen LogP contribution in [-0.4, -0.2) is 0 Å². The van der Waals surface area contributed by atoms with Crippen LogP contribution in [-0.2, 0) is 0 Å². The van der Waals surface area contributed by atoms with Gasteiger partial charge in [0, 0.05) is 10.4 Å². The molecule has 1 heterocycles. The van der Waals surface area contributed by atoms with Gasteiger partial charge in [0.05, 0.1) is 8.61 Å². The minimum Gasteiger partial charge on any atom is -0.207 e. The lowest BCUT2D eigenvalue weighted by molar-refractivity contribution is 0.561. The van der Waals surface area contributed by atoms with Crippen LogP contribution in [0.2, 0.25) is 0 Å². The lowest BCUT2D eigenvalue weighted by Gasteiger charge is -2.10. The van der Waals surface area contributed by atoms with E-state index in [-0.39, 0.29) is 5.56 Å². The molecule has 0 saturated heterocycles. The van der Waals surface area contributed by atoms with Gasteiger partial charge in [0.1, 0.15) is 11.6 Å². The summed E-state index contributed by atoms with van der Waals surface area (Å²) >= 11 is 8.08. The normalized spacial score (nSPS) is 12.8. The third-order valence-electron chi connectivity index (χ3n) is 2.10. The number of halogens is 4. The zero-order chi connectivity index (χ0) is 11.7. The Balaban J connectivity index is 2.45. The standard InChI is InChI=1S/C11H6Br2F2S/c12-9-5-4-8(16-9)11(13)10-6(14)2-1-3-7(10)15/h1-5,11H. The molecule has 0 radical (unpaired) electrons. The lowest BCUT2D eigenvalue weighted by atomic mass is 10.1. The molecule has 5 heteroatoms. The fourth-order valence-corrected chi connectivity index (χ4v) is 3.64. The van der Waals surface area contributed by atoms with E-state index in [9.17, 15) is 8.78 Å². The van der Waals surface area contributed by atoms with Gasteiger partial charge < -0.3 is 0 Å². The molecule has 0 saturated carbocycles. The number of rotatable bonds is 2. The second-order valence-corrected chi connectivity index (χ2v) is 6.55. The minimum atomic E-state index is -0.536. The molecule has 0 N–H and O–H groups in total. The van der Waals surface area contributed by atoms with Crippen molar-refractivity contribution in [2.75, 3.05) is 0 Å². The van der Waals surface area contributed by atoms with Gasteiger partial charge in [-0.25, -0.2) is 8.78 Å². The molecule has 0 spiro atoms. The van der Waals surface area contributed by atoms with Crippen LogP contribution < -0.4 is 0 Å². The van der Waals surface area contributed by atoms with Gasteiger partial charge in [-0.05, 0) is 40.2 Å². The quantitative estimate of drug-likeness (QED) is 0.634. The molecule has 1 aromatic carbocycles. The molecular weight excluding hydrogens is 362 g/mol. The van der Waals surface area contributed by atoms with E-state index >= 15 is 0 Å². The van der Waals surface area contributed by atoms with E-state index in [1.54, 1.807) is 0 Å². The molecule has 0 nitrogen and oxygen atoms in total. The summed E-state index contributed by atoms with van der Waals surface area (Å²) in [6.45, 7) is 0. The molecular formula is C11H6Br2F2S. The van der Waals surface area contributed by atoms with Crippen molar-refractivity contribution in [3.63, 3.8) is 0 Å². The molecule has 0 aliphatic heterocycles. The van der Waals surface area contributed by atoms with Crippen LogP contribution in [0.1, 0.15) is 15.3 Å². The summed E-state index contributed by atoms with van der Waals surface area (Å²) in [6.07, 6.45) is 0. The minimum absolute atomic E-state index is 0.0526. The van der Waals surface area contributed by atoms with Crippen LogP contribution in [0.5, 0.6) is 0 Å². The van der Waals surface area contributed by atoms with Crippen molar-refractivity contribution in [3.05, 3.63) is 56.2 Å². The van der Waals surface area contributed by atoms with Crippen molar-refractivity contribution in [3.8, 4) is 0 Å². The molecule has 0 amide bonds. The molecule has 0 aliphatic carbocycles. The van der Waals surface area contributed by atoms with Crippen molar-refractivity contribution in [1.29, 1.82) is 0 Å². The first-order chi connectivity index (χ1) is 7.59. The number of alkyl halides is 1. The third kappa shape index (κ3) is 2.36. The average molecular weight is 368 g/mol. The number of benzene rings is 1. The van der Waals surface area contributed by atoms with E-state index in [0.717, 1.165) is 8.66 Å². The van der Waals surface area contributed by atoms with Gasteiger partial charge >= 0.3 is 0 Å². The smallest absolute Gasteiger partial charge is 0.130 e. The average Bonchev–Trinajstić information content (AvgIpc) is 2.64. The molecule has 0 fully saturated rings. The fourth-order valence-electron chi connectivity index (χ4n) is 1.36. The molecule has 84 valence electrons. The van der Waals surface area contributed by atoms with E-state index < -0.39 is 16.5 Å². The van der Waals surface area contributed by atoms with Crippen LogP contribution in [0, 0.1) is 11.6 Å². The maximum atomic E-state index is 13.5. The maximum Gasteiger partial charge on any atom is 0.130 e. The highest BCUT2D eigenvalue weighted by atomic mass is 79.9. The second kappa shape index (κ2) is 4.94. The van der Waals surface area contributed by atoms with Crippen molar-refractivity contribution >= 4 is 43.2 Å². The zero-order valence-corrected chi connectivity index (χ0v) is 11.9. The lowest BCUT2D eigenvalue weighted by Crippen LogP contribution is -1.98. The first kappa shape index (κ1) is 12.2. The predicted molar refractivity (Wildman–Crippen MR) is 69.1 cm³/mol. The maximum absolute atomic E-state index is 13.5. The van der Waals surface area contributed by atoms with Gasteiger partial charge in [0.25, 0.3) is 0 Å². The highest BCUT2D eigenvalue weighted by Gasteiger charge is 2.20. The Morgan fingerprint density at radius 3 is 2.19 bits per heavy atom. The van der Waals surface area contributed by atoms with Crippen LogP contribution in [0.4, 0.5) is 8.78 Å². The van der Waals surface area contributed by atoms with Gasteiger partial charge in [-0.3, -0.25) is 0 Å². The summed E-state index contributed by atoms with van der Waals surface area (Å²) in [5.74, 6) is -1.07. The first-order valence-electron chi connectivity index (χ1n) is 4.43. The van der Waals surface area contributed by atoms with Crippen LogP contribution >= 0.6 is 43.2 Å². The summed E-state index contributed by atoms with van der Waals surface area (Å²) in [4.78, 5) is 0.404. The molecule has 2 rings (SSSR count). The zero-order valence-electron chi connectivity index (χ0n) is 7.88. The topological polar surface area (TPSA) is 0 Å². The van der Waals surface area contributed by atoms with E-state index in [4.69, 9.17) is 0 Å². The molecule has 2 aromatic rings. The third-order valence-corrected chi connectivity index (χ3v) is 5.04. The largest absolute Gasteiger partial charge is 0.207 e. The number of hydrogen-bond donors (Lipinski definition) is 0. The Bertz CT molecular complexity index is 490. The summed E-state index contributed by atoms with van der Waals surface area (Å²) in [6, 6.07) is 7.57. The molecule has 0 aliphatic rings. The Labute approximate surface area is 113 Å². The summed E-state index contributed by atoms with van der Waals surface area (Å²) < 4.78 is 28.0. The van der Waals surface area contributed by atoms with Crippen molar-refractivity contribution in [1.82, 2.24) is 0 Å². The van der Waals surface area contributed by atoms with E-state index in [1.807, 2.05) is 12.1 Å². The SMILES string of the molecule is Fc1cccc(F)c1C(Br)c1ccc(Br)s1. The molecule has 1 unspecified atom stereocenters. The Morgan fingerprint density at radius 1 is 1.06 bits per heavy atom. The van der Waals surface area contributed by atoms with Gasteiger partial charge in [-0.1, -0.05) is 22.0 Å². The van der Waals surface area contributed by atoms with E-state index in [0.29, 0.717) is 0 Å². The van der Waals surface area contributed by atoms with E-state index in [2.05, 4.69) is 31.9 Å². The Morgan fingerprint density at radius 2 is 1.69 bits per heavy atom. The summed E-state index contributed by atoms with van der Waals surface area (Å²) in [7, 11) is 0. The van der Waals surface area contributed by atoms with Gasteiger partial charge in [0.15, 0.2) is 0 Å². The number of thiophene rings is 1. The van der Waals surface area contributed by atoms with Gasteiger partial charge in [-0.15, -0.1) is 11.3 Å². The Kier molecular flexibility index (Phi) is 3.77. The van der Waals surface area contributed by atoms with E-state index in [1.165, 1.54) is 29.5 Å². The summed E-state index contributed by atoms with van der Waals surface area (Å²) in [5.41, 5.74) is 0.0526. The molecule has 16 heavy (non-hydrogen) atoms. The van der Waals surface area contributed by atoms with Gasteiger partial charge in [0.2, 0.25) is 0 Å². The fraction of sp³-hybridized carbons (Fsp3) is 0.0909. The predicted octanol–water partition coefficient (Wildman–Crippen LogP) is 5.27. The van der Waals surface area contributed by atoms with Crippen LogP contribution in [0.15, 0.2) is 34.1 Å². The highest BCUT2D eigenvalue weighted by Crippen LogP contribution is 2.38. The van der Waals surface area contributed by atoms with Crippen molar-refractivity contribution < 1.29 is 8.78 Å². The molecule has 0 bridgehead atoms. The second-order valence-electron chi connectivity index (χ2n) is 3.14.